The van der Waals surface area contributed by atoms with Crippen LogP contribution in [0.3, 0.4) is 0 Å². The zero-order chi connectivity index (χ0) is 10.4. The Balaban J connectivity index is 2.60. The van der Waals surface area contributed by atoms with Gasteiger partial charge in [0.1, 0.15) is 0 Å². The number of hydrogen-bond acceptors (Lipinski definition) is 2. The third kappa shape index (κ3) is 3.18. The molecule has 0 spiro atoms. The lowest BCUT2D eigenvalue weighted by Gasteiger charge is -2.13. The van der Waals surface area contributed by atoms with Crippen LogP contribution in [-0.4, -0.2) is 18.5 Å². The molecular formula is C11H16N2O. The minimum Gasteiger partial charge on any atom is -0.368 e. The molecule has 0 radical (unpaired) electrons. The Bertz CT molecular complexity index is 285. The zero-order valence-electron chi connectivity index (χ0n) is 8.36. The summed E-state index contributed by atoms with van der Waals surface area (Å²) < 4.78 is 0. The lowest BCUT2D eigenvalue weighted by molar-refractivity contribution is -0.120. The Morgan fingerprint density at radius 2 is 2.07 bits per heavy atom. The van der Waals surface area contributed by atoms with Gasteiger partial charge in [-0.3, -0.25) is 4.79 Å². The molecule has 0 bridgehead atoms. The molecule has 1 atom stereocenters. The minimum atomic E-state index is -0.296. The van der Waals surface area contributed by atoms with Gasteiger partial charge in [-0.1, -0.05) is 37.3 Å². The van der Waals surface area contributed by atoms with E-state index in [4.69, 9.17) is 5.73 Å². The monoisotopic (exact) mass is 192 g/mol. The number of carbonyl (C=O) groups excluding carboxylic acids is 1. The van der Waals surface area contributed by atoms with Gasteiger partial charge in [-0.15, -0.1) is 0 Å². The standard InChI is InChI=1S/C11H16N2O/c1-2-13-10(11(12)14)8-9-6-4-3-5-7-9/h3-7,10,13H,2,8H2,1H3,(H2,12,14). The van der Waals surface area contributed by atoms with Crippen LogP contribution in [0.15, 0.2) is 30.3 Å². The molecule has 1 amide bonds. The molecule has 0 saturated carbocycles. The molecule has 0 aliphatic carbocycles. The number of carbonyl (C=O) groups is 1. The summed E-state index contributed by atoms with van der Waals surface area (Å²) in [6.07, 6.45) is 0.657. The van der Waals surface area contributed by atoms with Crippen molar-refractivity contribution in [2.45, 2.75) is 19.4 Å². The van der Waals surface area contributed by atoms with Gasteiger partial charge in [-0.25, -0.2) is 0 Å². The van der Waals surface area contributed by atoms with Crippen LogP contribution in [-0.2, 0) is 11.2 Å². The van der Waals surface area contributed by atoms with E-state index in [1.165, 1.54) is 0 Å². The second-order valence-corrected chi connectivity index (χ2v) is 3.20. The fraction of sp³-hybridized carbons (Fsp3) is 0.364. The lowest BCUT2D eigenvalue weighted by Crippen LogP contribution is -2.42. The summed E-state index contributed by atoms with van der Waals surface area (Å²) >= 11 is 0. The van der Waals surface area contributed by atoms with Crippen molar-refractivity contribution in [1.29, 1.82) is 0 Å². The van der Waals surface area contributed by atoms with Crippen molar-refractivity contribution < 1.29 is 4.79 Å². The molecule has 0 aromatic heterocycles. The zero-order valence-corrected chi connectivity index (χ0v) is 8.36. The normalized spacial score (nSPS) is 12.4. The molecule has 1 aromatic carbocycles. The van der Waals surface area contributed by atoms with E-state index < -0.39 is 0 Å². The first-order valence-electron chi connectivity index (χ1n) is 4.80. The topological polar surface area (TPSA) is 55.1 Å². The van der Waals surface area contributed by atoms with Gasteiger partial charge in [0.2, 0.25) is 5.91 Å². The number of hydrogen-bond donors (Lipinski definition) is 2. The van der Waals surface area contributed by atoms with Crippen molar-refractivity contribution in [3.8, 4) is 0 Å². The van der Waals surface area contributed by atoms with E-state index in [1.54, 1.807) is 0 Å². The molecule has 1 unspecified atom stereocenters. The van der Waals surface area contributed by atoms with Gasteiger partial charge in [0.15, 0.2) is 0 Å². The van der Waals surface area contributed by atoms with Crippen molar-refractivity contribution in [2.75, 3.05) is 6.54 Å². The Hall–Kier alpha value is -1.35. The van der Waals surface area contributed by atoms with E-state index in [0.29, 0.717) is 6.42 Å². The van der Waals surface area contributed by atoms with E-state index in [-0.39, 0.29) is 11.9 Å². The number of nitrogens with one attached hydrogen (secondary N) is 1. The Kier molecular flexibility index (Phi) is 4.13. The SMILES string of the molecule is CCNC(Cc1ccccc1)C(N)=O. The van der Waals surface area contributed by atoms with Crippen molar-refractivity contribution in [1.82, 2.24) is 5.32 Å². The highest BCUT2D eigenvalue weighted by molar-refractivity contribution is 5.80. The number of amides is 1. The number of likely N-dealkylation sites (N-methyl/N-ethyl adjacent to an activating group) is 1. The van der Waals surface area contributed by atoms with E-state index in [9.17, 15) is 4.79 Å². The number of primary amides is 1. The number of rotatable bonds is 5. The van der Waals surface area contributed by atoms with Gasteiger partial charge in [0.25, 0.3) is 0 Å². The van der Waals surface area contributed by atoms with Gasteiger partial charge in [-0.05, 0) is 18.5 Å². The maximum absolute atomic E-state index is 11.1. The second-order valence-electron chi connectivity index (χ2n) is 3.20. The van der Waals surface area contributed by atoms with E-state index >= 15 is 0 Å². The van der Waals surface area contributed by atoms with Gasteiger partial charge < -0.3 is 11.1 Å². The molecule has 1 aromatic rings. The van der Waals surface area contributed by atoms with Crippen LogP contribution >= 0.6 is 0 Å². The van der Waals surface area contributed by atoms with Crippen LogP contribution in [0.2, 0.25) is 0 Å². The predicted molar refractivity (Wildman–Crippen MR) is 56.8 cm³/mol. The highest BCUT2D eigenvalue weighted by atomic mass is 16.1. The van der Waals surface area contributed by atoms with Crippen molar-refractivity contribution >= 4 is 5.91 Å². The van der Waals surface area contributed by atoms with Crippen LogP contribution in [0.5, 0.6) is 0 Å². The van der Waals surface area contributed by atoms with E-state index in [0.717, 1.165) is 12.1 Å². The molecule has 0 aliphatic heterocycles. The van der Waals surface area contributed by atoms with Crippen LogP contribution in [0.1, 0.15) is 12.5 Å². The third-order valence-electron chi connectivity index (χ3n) is 2.08. The first kappa shape index (κ1) is 10.7. The van der Waals surface area contributed by atoms with Crippen molar-refractivity contribution in [3.63, 3.8) is 0 Å². The van der Waals surface area contributed by atoms with Gasteiger partial charge >= 0.3 is 0 Å². The molecule has 0 aliphatic rings. The van der Waals surface area contributed by atoms with Crippen molar-refractivity contribution in [2.24, 2.45) is 5.73 Å². The first-order chi connectivity index (χ1) is 6.74. The fourth-order valence-electron chi connectivity index (χ4n) is 1.37. The Morgan fingerprint density at radius 3 is 2.57 bits per heavy atom. The maximum Gasteiger partial charge on any atom is 0.234 e. The fourth-order valence-corrected chi connectivity index (χ4v) is 1.37. The average molecular weight is 192 g/mol. The second kappa shape index (κ2) is 5.40. The van der Waals surface area contributed by atoms with Crippen molar-refractivity contribution in [3.05, 3.63) is 35.9 Å². The quantitative estimate of drug-likeness (QED) is 0.721. The molecule has 0 heterocycles. The molecular weight excluding hydrogens is 176 g/mol. The summed E-state index contributed by atoms with van der Waals surface area (Å²) in [5.74, 6) is -0.296. The molecule has 14 heavy (non-hydrogen) atoms. The number of nitrogens with two attached hydrogens (primary N) is 1. The summed E-state index contributed by atoms with van der Waals surface area (Å²) in [5, 5.41) is 3.06. The Morgan fingerprint density at radius 1 is 1.43 bits per heavy atom. The summed E-state index contributed by atoms with van der Waals surface area (Å²) in [6, 6.07) is 9.59. The largest absolute Gasteiger partial charge is 0.368 e. The summed E-state index contributed by atoms with van der Waals surface area (Å²) in [7, 11) is 0. The summed E-state index contributed by atoms with van der Waals surface area (Å²) in [6.45, 7) is 2.71. The number of benzene rings is 1. The predicted octanol–water partition coefficient (Wildman–Crippen LogP) is 0.693. The maximum atomic E-state index is 11.1. The Labute approximate surface area is 84.3 Å². The lowest BCUT2D eigenvalue weighted by atomic mass is 10.1. The minimum absolute atomic E-state index is 0.262. The van der Waals surface area contributed by atoms with E-state index in [1.807, 2.05) is 37.3 Å². The molecule has 76 valence electrons. The molecule has 3 N–H and O–H groups in total. The van der Waals surface area contributed by atoms with Crippen LogP contribution in [0.25, 0.3) is 0 Å². The van der Waals surface area contributed by atoms with Gasteiger partial charge in [0.05, 0.1) is 6.04 Å². The van der Waals surface area contributed by atoms with Gasteiger partial charge in [-0.2, -0.15) is 0 Å². The molecule has 3 nitrogen and oxygen atoms in total. The first-order valence-corrected chi connectivity index (χ1v) is 4.80. The molecule has 0 saturated heterocycles. The molecule has 3 heteroatoms. The average Bonchev–Trinajstić information content (AvgIpc) is 2.18. The highest BCUT2D eigenvalue weighted by Crippen LogP contribution is 2.02. The third-order valence-corrected chi connectivity index (χ3v) is 2.08. The van der Waals surface area contributed by atoms with Crippen LogP contribution in [0, 0.1) is 0 Å². The summed E-state index contributed by atoms with van der Waals surface area (Å²) in [5.41, 5.74) is 6.39. The highest BCUT2D eigenvalue weighted by Gasteiger charge is 2.13. The molecule has 1 rings (SSSR count). The van der Waals surface area contributed by atoms with Crippen LogP contribution < -0.4 is 11.1 Å². The van der Waals surface area contributed by atoms with Gasteiger partial charge in [0, 0.05) is 0 Å². The molecule has 0 fully saturated rings. The smallest absolute Gasteiger partial charge is 0.234 e. The van der Waals surface area contributed by atoms with E-state index in [2.05, 4.69) is 5.32 Å². The van der Waals surface area contributed by atoms with Crippen LogP contribution in [0.4, 0.5) is 0 Å². The summed E-state index contributed by atoms with van der Waals surface area (Å²) in [4.78, 5) is 11.1.